The van der Waals surface area contributed by atoms with Gasteiger partial charge in [0.15, 0.2) is 0 Å². The second kappa shape index (κ2) is 6.44. The van der Waals surface area contributed by atoms with E-state index >= 15 is 0 Å². The Hall–Kier alpha value is -0.500. The van der Waals surface area contributed by atoms with E-state index < -0.39 is 0 Å². The standard InChI is InChI=1S/C15H29NO/c1-12(10-15(2,3)4)9-14(16-5)13-7-6-8-17-11-13/h11-12,14,16H,6-10H2,1-5H3. The normalized spacial score (nSPS) is 20.4. The van der Waals surface area contributed by atoms with Gasteiger partial charge in [0.1, 0.15) is 0 Å². The number of hydrogen-bond acceptors (Lipinski definition) is 2. The summed E-state index contributed by atoms with van der Waals surface area (Å²) in [5.74, 6) is 0.746. The zero-order valence-corrected chi connectivity index (χ0v) is 12.2. The molecule has 1 heterocycles. The molecule has 0 amide bonds. The molecule has 17 heavy (non-hydrogen) atoms. The number of rotatable bonds is 5. The molecule has 0 aromatic heterocycles. The fraction of sp³-hybridized carbons (Fsp3) is 0.867. The molecule has 100 valence electrons. The van der Waals surface area contributed by atoms with E-state index in [1.807, 2.05) is 6.26 Å². The van der Waals surface area contributed by atoms with Crippen LogP contribution in [0.1, 0.15) is 53.4 Å². The van der Waals surface area contributed by atoms with Gasteiger partial charge in [-0.05, 0) is 49.6 Å². The first-order chi connectivity index (χ1) is 7.92. The Bertz CT molecular complexity index is 252. The molecule has 1 aliphatic heterocycles. The number of ether oxygens (including phenoxy) is 1. The second-order valence-corrected chi connectivity index (χ2v) is 6.61. The molecule has 1 N–H and O–H groups in total. The van der Waals surface area contributed by atoms with Crippen molar-refractivity contribution in [2.45, 2.75) is 59.4 Å². The smallest absolute Gasteiger partial charge is 0.0876 e. The van der Waals surface area contributed by atoms with E-state index in [1.54, 1.807) is 0 Å². The SMILES string of the molecule is CNC(CC(C)CC(C)(C)C)C1=COCCC1. The zero-order chi connectivity index (χ0) is 12.9. The summed E-state index contributed by atoms with van der Waals surface area (Å²) in [6.45, 7) is 10.2. The highest BCUT2D eigenvalue weighted by Gasteiger charge is 2.21. The van der Waals surface area contributed by atoms with E-state index in [1.165, 1.54) is 24.8 Å². The van der Waals surface area contributed by atoms with Gasteiger partial charge < -0.3 is 10.1 Å². The van der Waals surface area contributed by atoms with Crippen LogP contribution < -0.4 is 5.32 Å². The molecular weight excluding hydrogens is 210 g/mol. The average molecular weight is 239 g/mol. The zero-order valence-electron chi connectivity index (χ0n) is 12.2. The fourth-order valence-corrected chi connectivity index (χ4v) is 2.83. The van der Waals surface area contributed by atoms with Crippen molar-refractivity contribution in [3.8, 4) is 0 Å². The van der Waals surface area contributed by atoms with Crippen LogP contribution in [0, 0.1) is 11.3 Å². The van der Waals surface area contributed by atoms with Gasteiger partial charge in [-0.3, -0.25) is 0 Å². The Balaban J connectivity index is 2.48. The van der Waals surface area contributed by atoms with Crippen LogP contribution in [-0.4, -0.2) is 19.7 Å². The van der Waals surface area contributed by atoms with Crippen LogP contribution in [0.3, 0.4) is 0 Å². The Morgan fingerprint density at radius 1 is 1.41 bits per heavy atom. The van der Waals surface area contributed by atoms with Gasteiger partial charge in [0, 0.05) is 6.04 Å². The van der Waals surface area contributed by atoms with Crippen LogP contribution in [0.2, 0.25) is 0 Å². The van der Waals surface area contributed by atoms with Crippen LogP contribution in [-0.2, 0) is 4.74 Å². The predicted molar refractivity (Wildman–Crippen MR) is 74.0 cm³/mol. The van der Waals surface area contributed by atoms with Crippen LogP contribution in [0.25, 0.3) is 0 Å². The lowest BCUT2D eigenvalue weighted by atomic mass is 9.81. The molecule has 1 aliphatic rings. The first kappa shape index (κ1) is 14.6. The lowest BCUT2D eigenvalue weighted by Crippen LogP contribution is -2.31. The molecule has 0 fully saturated rings. The van der Waals surface area contributed by atoms with Crippen LogP contribution in [0.5, 0.6) is 0 Å². The van der Waals surface area contributed by atoms with E-state index in [2.05, 4.69) is 40.1 Å². The first-order valence-corrected chi connectivity index (χ1v) is 6.90. The molecule has 1 rings (SSSR count). The summed E-state index contributed by atoms with van der Waals surface area (Å²) in [4.78, 5) is 0. The third-order valence-corrected chi connectivity index (χ3v) is 3.36. The van der Waals surface area contributed by atoms with Gasteiger partial charge in [0.25, 0.3) is 0 Å². The van der Waals surface area contributed by atoms with Gasteiger partial charge in [-0.2, -0.15) is 0 Å². The fourth-order valence-electron chi connectivity index (χ4n) is 2.83. The quantitative estimate of drug-likeness (QED) is 0.789. The maximum absolute atomic E-state index is 5.45. The number of nitrogens with one attached hydrogen (secondary N) is 1. The van der Waals surface area contributed by atoms with Gasteiger partial charge in [-0.15, -0.1) is 0 Å². The Morgan fingerprint density at radius 2 is 2.12 bits per heavy atom. The molecule has 2 atom stereocenters. The minimum absolute atomic E-state index is 0.426. The summed E-state index contributed by atoms with van der Waals surface area (Å²) in [5, 5.41) is 3.44. The van der Waals surface area contributed by atoms with Crippen LogP contribution in [0.4, 0.5) is 0 Å². The highest BCUT2D eigenvalue weighted by molar-refractivity contribution is 5.10. The molecule has 2 unspecified atom stereocenters. The Labute approximate surface area is 107 Å². The average Bonchev–Trinajstić information content (AvgIpc) is 2.24. The molecule has 2 nitrogen and oxygen atoms in total. The minimum atomic E-state index is 0.426. The number of hydrogen-bond donors (Lipinski definition) is 1. The monoisotopic (exact) mass is 239 g/mol. The van der Waals surface area contributed by atoms with Crippen molar-refractivity contribution in [1.29, 1.82) is 0 Å². The molecule has 0 spiro atoms. The van der Waals surface area contributed by atoms with Crippen molar-refractivity contribution in [3.05, 3.63) is 11.8 Å². The van der Waals surface area contributed by atoms with Crippen molar-refractivity contribution in [1.82, 2.24) is 5.32 Å². The van der Waals surface area contributed by atoms with E-state index in [9.17, 15) is 0 Å². The largest absolute Gasteiger partial charge is 0.501 e. The first-order valence-electron chi connectivity index (χ1n) is 6.90. The summed E-state index contributed by atoms with van der Waals surface area (Å²) in [6, 6.07) is 0.493. The van der Waals surface area contributed by atoms with Gasteiger partial charge in [0.05, 0.1) is 12.9 Å². The third kappa shape index (κ3) is 5.58. The van der Waals surface area contributed by atoms with Crippen LogP contribution >= 0.6 is 0 Å². The topological polar surface area (TPSA) is 21.3 Å². The summed E-state index contributed by atoms with van der Waals surface area (Å²) >= 11 is 0. The number of likely N-dealkylation sites (N-methyl/N-ethyl adjacent to an activating group) is 1. The van der Waals surface area contributed by atoms with Gasteiger partial charge in [0.2, 0.25) is 0 Å². The van der Waals surface area contributed by atoms with Crippen molar-refractivity contribution < 1.29 is 4.74 Å². The minimum Gasteiger partial charge on any atom is -0.501 e. The lowest BCUT2D eigenvalue weighted by Gasteiger charge is -2.28. The molecule has 0 aromatic carbocycles. The maximum Gasteiger partial charge on any atom is 0.0876 e. The van der Waals surface area contributed by atoms with Crippen molar-refractivity contribution in [2.75, 3.05) is 13.7 Å². The summed E-state index contributed by atoms with van der Waals surface area (Å²) in [7, 11) is 2.06. The second-order valence-electron chi connectivity index (χ2n) is 6.61. The molecule has 0 radical (unpaired) electrons. The molecule has 0 aliphatic carbocycles. The van der Waals surface area contributed by atoms with E-state index in [-0.39, 0.29) is 0 Å². The molecule has 0 saturated heterocycles. The summed E-state index contributed by atoms with van der Waals surface area (Å²) < 4.78 is 5.45. The van der Waals surface area contributed by atoms with E-state index in [0.717, 1.165) is 18.9 Å². The highest BCUT2D eigenvalue weighted by atomic mass is 16.5. The third-order valence-electron chi connectivity index (χ3n) is 3.36. The van der Waals surface area contributed by atoms with Crippen molar-refractivity contribution in [2.24, 2.45) is 11.3 Å². The molecule has 0 saturated carbocycles. The summed E-state index contributed by atoms with van der Waals surface area (Å²) in [6.07, 6.45) is 6.82. The molecular formula is C15H29NO. The summed E-state index contributed by atoms with van der Waals surface area (Å²) in [5.41, 5.74) is 1.87. The van der Waals surface area contributed by atoms with Gasteiger partial charge in [-0.25, -0.2) is 0 Å². The van der Waals surface area contributed by atoms with Gasteiger partial charge >= 0.3 is 0 Å². The van der Waals surface area contributed by atoms with Crippen molar-refractivity contribution in [3.63, 3.8) is 0 Å². The van der Waals surface area contributed by atoms with Gasteiger partial charge in [-0.1, -0.05) is 27.7 Å². The van der Waals surface area contributed by atoms with Crippen molar-refractivity contribution >= 4 is 0 Å². The lowest BCUT2D eigenvalue weighted by molar-refractivity contribution is 0.215. The molecule has 0 bridgehead atoms. The van der Waals surface area contributed by atoms with Crippen LogP contribution in [0.15, 0.2) is 11.8 Å². The van der Waals surface area contributed by atoms with E-state index in [4.69, 9.17) is 4.74 Å². The maximum atomic E-state index is 5.45. The molecule has 0 aromatic rings. The predicted octanol–water partition coefficient (Wildman–Crippen LogP) is 3.73. The van der Waals surface area contributed by atoms with E-state index in [0.29, 0.717) is 11.5 Å². The Kier molecular flexibility index (Phi) is 5.51. The highest BCUT2D eigenvalue weighted by Crippen LogP contribution is 2.29. The Morgan fingerprint density at radius 3 is 2.59 bits per heavy atom. The molecule has 2 heteroatoms.